The van der Waals surface area contributed by atoms with Gasteiger partial charge in [-0.1, -0.05) is 30.3 Å². The van der Waals surface area contributed by atoms with E-state index in [2.05, 4.69) is 5.32 Å². The zero-order valence-corrected chi connectivity index (χ0v) is 17.1. The Bertz CT molecular complexity index is 1200. The summed E-state index contributed by atoms with van der Waals surface area (Å²) in [6, 6.07) is 16.1. The summed E-state index contributed by atoms with van der Waals surface area (Å²) in [6.07, 6.45) is 2.87. The average Bonchev–Trinajstić information content (AvgIpc) is 3.27. The molecule has 154 valence electrons. The van der Waals surface area contributed by atoms with Crippen molar-refractivity contribution in [3.8, 4) is 0 Å². The number of carbonyl (C=O) groups is 2. The van der Waals surface area contributed by atoms with E-state index in [1.807, 2.05) is 24.3 Å². The second-order valence-corrected chi connectivity index (χ2v) is 9.20. The molecule has 3 aromatic rings. The summed E-state index contributed by atoms with van der Waals surface area (Å²) in [4.78, 5) is 27.7. The van der Waals surface area contributed by atoms with E-state index in [4.69, 9.17) is 4.42 Å². The van der Waals surface area contributed by atoms with Gasteiger partial charge in [-0.3, -0.25) is 9.59 Å². The SMILES string of the molecule is CS(=O)(=O)c1cccc(NC(=O)[C@@H]2Cc3ccccc3CN2C(=O)c2ccco2)c1. The van der Waals surface area contributed by atoms with Crippen molar-refractivity contribution in [1.82, 2.24) is 4.90 Å². The van der Waals surface area contributed by atoms with Crippen molar-refractivity contribution in [1.29, 1.82) is 0 Å². The van der Waals surface area contributed by atoms with E-state index in [-0.39, 0.29) is 23.1 Å². The molecule has 2 heterocycles. The Hall–Kier alpha value is -3.39. The van der Waals surface area contributed by atoms with Gasteiger partial charge in [0.1, 0.15) is 6.04 Å². The van der Waals surface area contributed by atoms with Crippen LogP contribution in [0.3, 0.4) is 0 Å². The first-order valence-corrected chi connectivity index (χ1v) is 11.2. The van der Waals surface area contributed by atoms with Crippen molar-refractivity contribution in [3.63, 3.8) is 0 Å². The summed E-state index contributed by atoms with van der Waals surface area (Å²) in [6.45, 7) is 0.275. The van der Waals surface area contributed by atoms with Crippen molar-refractivity contribution in [2.45, 2.75) is 23.9 Å². The standard InChI is InChI=1S/C22H20N2O5S/c1-30(27,28)18-9-4-8-17(13-18)23-21(25)19-12-15-6-2-3-7-16(15)14-24(19)22(26)20-10-5-11-29-20/h2-11,13,19H,12,14H2,1H3,(H,23,25)/t19-/m0/s1. The number of anilines is 1. The Balaban J connectivity index is 1.64. The second-order valence-electron chi connectivity index (χ2n) is 7.19. The van der Waals surface area contributed by atoms with Crippen LogP contribution in [0.5, 0.6) is 0 Å². The lowest BCUT2D eigenvalue weighted by atomic mass is 9.93. The first-order valence-electron chi connectivity index (χ1n) is 9.35. The van der Waals surface area contributed by atoms with Crippen LogP contribution < -0.4 is 5.32 Å². The van der Waals surface area contributed by atoms with Crippen LogP contribution >= 0.6 is 0 Å². The number of amides is 2. The fourth-order valence-corrected chi connectivity index (χ4v) is 4.21. The maximum Gasteiger partial charge on any atom is 0.290 e. The molecule has 1 aliphatic rings. The first kappa shape index (κ1) is 19.9. The summed E-state index contributed by atoms with van der Waals surface area (Å²) < 4.78 is 28.9. The second kappa shape index (κ2) is 7.79. The molecule has 0 radical (unpaired) electrons. The summed E-state index contributed by atoms with van der Waals surface area (Å²) in [5.74, 6) is -0.610. The Morgan fingerprint density at radius 2 is 1.80 bits per heavy atom. The van der Waals surface area contributed by atoms with Crippen molar-refractivity contribution in [2.75, 3.05) is 11.6 Å². The molecule has 0 fully saturated rings. The van der Waals surface area contributed by atoms with E-state index in [0.717, 1.165) is 17.4 Å². The van der Waals surface area contributed by atoms with Crippen molar-refractivity contribution in [2.24, 2.45) is 0 Å². The van der Waals surface area contributed by atoms with Gasteiger partial charge in [0.05, 0.1) is 11.2 Å². The summed E-state index contributed by atoms with van der Waals surface area (Å²) >= 11 is 0. The van der Waals surface area contributed by atoms with E-state index in [0.29, 0.717) is 12.1 Å². The lowest BCUT2D eigenvalue weighted by Gasteiger charge is -2.35. The molecular weight excluding hydrogens is 404 g/mol. The molecule has 0 saturated heterocycles. The van der Waals surface area contributed by atoms with Gasteiger partial charge in [-0.25, -0.2) is 8.42 Å². The molecule has 7 nitrogen and oxygen atoms in total. The first-order chi connectivity index (χ1) is 14.3. The number of hydrogen-bond donors (Lipinski definition) is 1. The number of nitrogens with zero attached hydrogens (tertiary/aromatic N) is 1. The third kappa shape index (κ3) is 3.99. The van der Waals surface area contributed by atoms with Crippen LogP contribution in [0.15, 0.2) is 76.2 Å². The van der Waals surface area contributed by atoms with Crippen LogP contribution in [-0.4, -0.2) is 37.4 Å². The predicted molar refractivity (Wildman–Crippen MR) is 111 cm³/mol. The molecule has 4 rings (SSSR count). The maximum atomic E-state index is 13.1. The smallest absolute Gasteiger partial charge is 0.290 e. The molecule has 30 heavy (non-hydrogen) atoms. The highest BCUT2D eigenvalue weighted by Gasteiger charge is 2.36. The van der Waals surface area contributed by atoms with E-state index in [1.54, 1.807) is 24.3 Å². The zero-order valence-electron chi connectivity index (χ0n) is 16.2. The van der Waals surface area contributed by atoms with Gasteiger partial charge in [-0.05, 0) is 41.5 Å². The van der Waals surface area contributed by atoms with Gasteiger partial charge < -0.3 is 14.6 Å². The van der Waals surface area contributed by atoms with Crippen LogP contribution in [-0.2, 0) is 27.6 Å². The van der Waals surface area contributed by atoms with Crippen molar-refractivity contribution >= 4 is 27.3 Å². The van der Waals surface area contributed by atoms with E-state index >= 15 is 0 Å². The van der Waals surface area contributed by atoms with Gasteiger partial charge in [-0.2, -0.15) is 0 Å². The normalized spacial score (nSPS) is 16.0. The van der Waals surface area contributed by atoms with E-state index in [1.165, 1.54) is 23.3 Å². The summed E-state index contributed by atoms with van der Waals surface area (Å²) in [7, 11) is -3.41. The average molecular weight is 424 g/mol. The van der Waals surface area contributed by atoms with Crippen LogP contribution in [0.4, 0.5) is 5.69 Å². The number of carbonyl (C=O) groups excluding carboxylic acids is 2. The molecule has 8 heteroatoms. The topological polar surface area (TPSA) is 96.7 Å². The number of rotatable bonds is 4. The minimum absolute atomic E-state index is 0.109. The zero-order chi connectivity index (χ0) is 21.3. The lowest BCUT2D eigenvalue weighted by molar-refractivity contribution is -0.121. The maximum absolute atomic E-state index is 13.1. The summed E-state index contributed by atoms with van der Waals surface area (Å²) in [5.41, 5.74) is 2.32. The van der Waals surface area contributed by atoms with Gasteiger partial charge in [0.2, 0.25) is 5.91 Å². The molecule has 1 N–H and O–H groups in total. The van der Waals surface area contributed by atoms with Gasteiger partial charge in [0, 0.05) is 24.9 Å². The highest BCUT2D eigenvalue weighted by Crippen LogP contribution is 2.26. The Kier molecular flexibility index (Phi) is 5.17. The third-order valence-corrected chi connectivity index (χ3v) is 6.18. The predicted octanol–water partition coefficient (Wildman–Crippen LogP) is 2.89. The van der Waals surface area contributed by atoms with Crippen molar-refractivity contribution in [3.05, 3.63) is 83.8 Å². The molecule has 1 aliphatic heterocycles. The lowest BCUT2D eigenvalue weighted by Crippen LogP contribution is -2.50. The van der Waals surface area contributed by atoms with Crippen LogP contribution in [0.25, 0.3) is 0 Å². The highest BCUT2D eigenvalue weighted by molar-refractivity contribution is 7.90. The quantitative estimate of drug-likeness (QED) is 0.695. The van der Waals surface area contributed by atoms with Gasteiger partial charge in [-0.15, -0.1) is 0 Å². The van der Waals surface area contributed by atoms with E-state index in [9.17, 15) is 18.0 Å². The third-order valence-electron chi connectivity index (χ3n) is 5.07. The molecule has 0 bridgehead atoms. The monoisotopic (exact) mass is 424 g/mol. The van der Waals surface area contributed by atoms with Gasteiger partial charge in [0.25, 0.3) is 5.91 Å². The van der Waals surface area contributed by atoms with Crippen molar-refractivity contribution < 1.29 is 22.4 Å². The van der Waals surface area contributed by atoms with Gasteiger partial charge >= 0.3 is 0 Å². The van der Waals surface area contributed by atoms with E-state index < -0.39 is 21.8 Å². The molecule has 2 aromatic carbocycles. The fourth-order valence-electron chi connectivity index (χ4n) is 3.54. The molecule has 1 aromatic heterocycles. The molecule has 1 atom stereocenters. The Morgan fingerprint density at radius 3 is 2.50 bits per heavy atom. The Morgan fingerprint density at radius 1 is 1.03 bits per heavy atom. The molecule has 0 spiro atoms. The molecular formula is C22H20N2O5S. The van der Waals surface area contributed by atoms with Crippen LogP contribution in [0, 0.1) is 0 Å². The number of hydrogen-bond acceptors (Lipinski definition) is 5. The highest BCUT2D eigenvalue weighted by atomic mass is 32.2. The number of nitrogens with one attached hydrogen (secondary N) is 1. The number of fused-ring (bicyclic) bond motifs is 1. The number of sulfone groups is 1. The minimum atomic E-state index is -3.41. The number of benzene rings is 2. The van der Waals surface area contributed by atoms with Gasteiger partial charge in [0.15, 0.2) is 15.6 Å². The molecule has 2 amide bonds. The molecule has 0 unspecified atom stereocenters. The Labute approximate surface area is 174 Å². The van der Waals surface area contributed by atoms with Crippen LogP contribution in [0.1, 0.15) is 21.7 Å². The summed E-state index contributed by atoms with van der Waals surface area (Å²) in [5, 5.41) is 2.76. The number of furan rings is 1. The fraction of sp³-hybridized carbons (Fsp3) is 0.182. The largest absolute Gasteiger partial charge is 0.459 e. The molecule has 0 aliphatic carbocycles. The minimum Gasteiger partial charge on any atom is -0.459 e. The van der Waals surface area contributed by atoms with Crippen LogP contribution in [0.2, 0.25) is 0 Å². The molecule has 0 saturated carbocycles.